The second-order valence-corrected chi connectivity index (χ2v) is 13.6. The predicted molar refractivity (Wildman–Crippen MR) is 164 cm³/mol. The number of hydrogen-bond acceptors (Lipinski definition) is 7. The molecule has 0 unspecified atom stereocenters. The Kier molecular flexibility index (Phi) is 6.36. The zero-order valence-corrected chi connectivity index (χ0v) is 25.8. The summed E-state index contributed by atoms with van der Waals surface area (Å²) >= 11 is 0. The molecular weight excluding hydrogens is 528 g/mol. The highest BCUT2D eigenvalue weighted by Crippen LogP contribution is 2.41. The second kappa shape index (κ2) is 9.77. The monoisotopic (exact) mass is 570 g/mol. The van der Waals surface area contributed by atoms with Gasteiger partial charge in [-0.15, -0.1) is 0 Å². The van der Waals surface area contributed by atoms with Crippen molar-refractivity contribution >= 4 is 28.4 Å². The van der Waals surface area contributed by atoms with E-state index in [9.17, 15) is 4.79 Å². The van der Waals surface area contributed by atoms with Crippen molar-refractivity contribution in [3.05, 3.63) is 41.3 Å². The number of hydrogen-bond donors (Lipinski definition) is 1. The number of nitrogens with zero attached hydrogens (tertiary/aromatic N) is 7. The first-order valence-corrected chi connectivity index (χ1v) is 15.3. The summed E-state index contributed by atoms with van der Waals surface area (Å²) in [4.78, 5) is 33.7. The van der Waals surface area contributed by atoms with Crippen LogP contribution in [0.4, 0.5) is 5.82 Å². The molecule has 10 nitrogen and oxygen atoms in total. The Morgan fingerprint density at radius 3 is 2.69 bits per heavy atom. The SMILES string of the molecule is Cc1c(-c2[nH]c3ccc(N4[C@@H]5C[C@@H]6OCCN(C(C)(C)C)CC(=O)N(C5)C[C@H]64)nc3c2C(C)C)cn2ncnc2c1C. The lowest BCUT2D eigenvalue weighted by atomic mass is 9.95. The number of pyridine rings is 2. The molecule has 10 heteroatoms. The van der Waals surface area contributed by atoms with Crippen molar-refractivity contribution in [2.45, 2.75) is 84.5 Å². The molecule has 1 N–H and O–H groups in total. The standard InChI is InChI=1S/C32H42N8O2/c1-18(2)28-29(22-14-39-31(33-17-34-39)20(4)19(22)3)35-23-8-9-26(36-30(23)28)40-21-12-25-24(40)15-37(13-21)27(41)16-38(10-11-42-25)32(5,6)7/h8-9,14,17-18,21,24-25,35H,10-13,15-16H2,1-7H3/t21-,24-,25+/m1/s1. The molecule has 7 heterocycles. The molecule has 42 heavy (non-hydrogen) atoms. The van der Waals surface area contributed by atoms with E-state index in [0.29, 0.717) is 26.2 Å². The third kappa shape index (κ3) is 4.29. The summed E-state index contributed by atoms with van der Waals surface area (Å²) < 4.78 is 8.41. The number of aromatic amines is 1. The number of aryl methyl sites for hydroxylation is 1. The van der Waals surface area contributed by atoms with Crippen LogP contribution in [0.2, 0.25) is 0 Å². The molecule has 3 saturated heterocycles. The van der Waals surface area contributed by atoms with Crippen LogP contribution in [0, 0.1) is 13.8 Å². The lowest BCUT2D eigenvalue weighted by molar-refractivity contribution is -0.136. The first-order chi connectivity index (χ1) is 20.0. The molecule has 3 bridgehead atoms. The van der Waals surface area contributed by atoms with Crippen LogP contribution in [0.3, 0.4) is 0 Å². The highest BCUT2D eigenvalue weighted by Gasteiger charge is 2.49. The first-order valence-electron chi connectivity index (χ1n) is 15.3. The summed E-state index contributed by atoms with van der Waals surface area (Å²) in [7, 11) is 0. The highest BCUT2D eigenvalue weighted by molar-refractivity contribution is 5.90. The number of nitrogens with one attached hydrogen (secondary N) is 1. The summed E-state index contributed by atoms with van der Waals surface area (Å²) in [6.07, 6.45) is 4.67. The van der Waals surface area contributed by atoms with Crippen molar-refractivity contribution in [3.63, 3.8) is 0 Å². The maximum Gasteiger partial charge on any atom is 0.236 e. The maximum absolute atomic E-state index is 13.4. The number of fused-ring (bicyclic) bond motifs is 4. The van der Waals surface area contributed by atoms with Gasteiger partial charge in [-0.25, -0.2) is 14.5 Å². The number of anilines is 1. The molecule has 4 aromatic heterocycles. The normalized spacial score (nSPS) is 23.7. The van der Waals surface area contributed by atoms with E-state index in [0.717, 1.165) is 52.3 Å². The van der Waals surface area contributed by atoms with Crippen molar-refractivity contribution in [2.75, 3.05) is 37.7 Å². The van der Waals surface area contributed by atoms with Crippen LogP contribution in [0.15, 0.2) is 24.7 Å². The first kappa shape index (κ1) is 27.3. The third-order valence-electron chi connectivity index (χ3n) is 9.75. The molecule has 222 valence electrons. The molecule has 7 rings (SSSR count). The molecule has 0 aliphatic carbocycles. The second-order valence-electron chi connectivity index (χ2n) is 13.6. The Hall–Kier alpha value is -3.50. The third-order valence-corrected chi connectivity index (χ3v) is 9.75. The van der Waals surface area contributed by atoms with E-state index in [-0.39, 0.29) is 35.6 Å². The van der Waals surface area contributed by atoms with Crippen molar-refractivity contribution in [1.29, 1.82) is 0 Å². The van der Waals surface area contributed by atoms with Crippen molar-refractivity contribution < 1.29 is 9.53 Å². The van der Waals surface area contributed by atoms with Crippen LogP contribution >= 0.6 is 0 Å². The molecule has 4 aromatic rings. The van der Waals surface area contributed by atoms with Gasteiger partial charge in [0.1, 0.15) is 12.1 Å². The Bertz CT molecular complexity index is 1680. The van der Waals surface area contributed by atoms with Crippen LogP contribution < -0.4 is 4.90 Å². The number of aromatic nitrogens is 5. The van der Waals surface area contributed by atoms with Crippen LogP contribution in [-0.4, -0.2) is 96.8 Å². The Labute approximate surface area is 247 Å². The zero-order chi connectivity index (χ0) is 29.5. The van der Waals surface area contributed by atoms with Gasteiger partial charge in [0.15, 0.2) is 5.65 Å². The van der Waals surface area contributed by atoms with Crippen molar-refractivity contribution in [1.82, 2.24) is 34.4 Å². The molecule has 0 spiro atoms. The lowest BCUT2D eigenvalue weighted by Crippen LogP contribution is -2.60. The van der Waals surface area contributed by atoms with Gasteiger partial charge in [-0.1, -0.05) is 13.8 Å². The molecule has 3 aliphatic rings. The maximum atomic E-state index is 13.4. The summed E-state index contributed by atoms with van der Waals surface area (Å²) in [5, 5.41) is 4.43. The molecule has 3 aliphatic heterocycles. The molecule has 0 aromatic carbocycles. The van der Waals surface area contributed by atoms with E-state index in [1.165, 1.54) is 11.1 Å². The minimum Gasteiger partial charge on any atom is -0.375 e. The summed E-state index contributed by atoms with van der Waals surface area (Å²) in [6, 6.07) is 4.59. The predicted octanol–water partition coefficient (Wildman–Crippen LogP) is 4.30. The number of H-pyrrole nitrogens is 1. The topological polar surface area (TPSA) is 94.9 Å². The summed E-state index contributed by atoms with van der Waals surface area (Å²) in [5.41, 5.74) is 8.57. The van der Waals surface area contributed by atoms with E-state index in [1.807, 2.05) is 4.52 Å². The largest absolute Gasteiger partial charge is 0.375 e. The summed E-state index contributed by atoms with van der Waals surface area (Å²) in [5.74, 6) is 1.45. The average molecular weight is 571 g/mol. The van der Waals surface area contributed by atoms with E-state index >= 15 is 0 Å². The van der Waals surface area contributed by atoms with E-state index in [1.54, 1.807) is 6.33 Å². The number of rotatable bonds is 3. The number of piperazine rings is 1. The van der Waals surface area contributed by atoms with Crippen LogP contribution in [-0.2, 0) is 9.53 Å². The van der Waals surface area contributed by atoms with Crippen LogP contribution in [0.25, 0.3) is 27.9 Å². The molecule has 0 saturated carbocycles. The molecule has 0 radical (unpaired) electrons. The van der Waals surface area contributed by atoms with Crippen molar-refractivity contribution in [3.8, 4) is 11.3 Å². The molecule has 3 fully saturated rings. The number of amides is 1. The van der Waals surface area contributed by atoms with Gasteiger partial charge in [0, 0.05) is 42.5 Å². The van der Waals surface area contributed by atoms with E-state index in [4.69, 9.17) is 9.72 Å². The Morgan fingerprint density at radius 1 is 1.12 bits per heavy atom. The summed E-state index contributed by atoms with van der Waals surface area (Å²) in [6.45, 7) is 18.4. The van der Waals surface area contributed by atoms with Gasteiger partial charge in [-0.3, -0.25) is 9.69 Å². The fourth-order valence-corrected chi connectivity index (χ4v) is 7.33. The smallest absolute Gasteiger partial charge is 0.236 e. The quantitative estimate of drug-likeness (QED) is 0.392. The minimum absolute atomic E-state index is 0.0798. The zero-order valence-electron chi connectivity index (χ0n) is 25.8. The Balaban J connectivity index is 1.26. The molecule has 3 atom stereocenters. The Morgan fingerprint density at radius 2 is 1.93 bits per heavy atom. The fourth-order valence-electron chi connectivity index (χ4n) is 7.33. The fraction of sp³-hybridized carbons (Fsp3) is 0.562. The van der Waals surface area contributed by atoms with Gasteiger partial charge in [-0.05, 0) is 70.2 Å². The molecule has 1 amide bonds. The van der Waals surface area contributed by atoms with Gasteiger partial charge < -0.3 is 19.5 Å². The van der Waals surface area contributed by atoms with Gasteiger partial charge in [-0.2, -0.15) is 5.10 Å². The van der Waals surface area contributed by atoms with Crippen molar-refractivity contribution in [2.24, 2.45) is 0 Å². The number of carbonyl (C=O) groups excluding carboxylic acids is 1. The van der Waals surface area contributed by atoms with Crippen LogP contribution in [0.1, 0.15) is 63.6 Å². The minimum atomic E-state index is -0.0798. The average Bonchev–Trinajstić information content (AvgIpc) is 3.61. The van der Waals surface area contributed by atoms with Crippen LogP contribution in [0.5, 0.6) is 0 Å². The van der Waals surface area contributed by atoms with Gasteiger partial charge in [0.25, 0.3) is 0 Å². The number of carbonyl (C=O) groups is 1. The number of ether oxygens (including phenoxy) is 1. The molecular formula is C32H42N8O2. The lowest BCUT2D eigenvalue weighted by Gasteiger charge is -2.44. The van der Waals surface area contributed by atoms with Gasteiger partial charge in [0.05, 0.1) is 48.1 Å². The highest BCUT2D eigenvalue weighted by atomic mass is 16.5. The van der Waals surface area contributed by atoms with Gasteiger partial charge >= 0.3 is 0 Å². The van der Waals surface area contributed by atoms with Gasteiger partial charge in [0.2, 0.25) is 5.91 Å². The van der Waals surface area contributed by atoms with E-state index < -0.39 is 0 Å². The van der Waals surface area contributed by atoms with E-state index in [2.05, 4.69) is 96.6 Å².